The number of ether oxygens (including phenoxy) is 1. The van der Waals surface area contributed by atoms with Crippen molar-refractivity contribution in [3.63, 3.8) is 0 Å². The number of thioether (sulfide) groups is 1. The van der Waals surface area contributed by atoms with Gasteiger partial charge in [0.15, 0.2) is 0 Å². The van der Waals surface area contributed by atoms with Gasteiger partial charge in [-0.1, -0.05) is 26.8 Å². The van der Waals surface area contributed by atoms with Crippen molar-refractivity contribution in [3.8, 4) is 0 Å². The number of hydrogen-bond donors (Lipinski definition) is 1. The number of nitrogens with one attached hydrogen (secondary N) is 1. The summed E-state index contributed by atoms with van der Waals surface area (Å²) in [6.07, 6.45) is -0.528. The van der Waals surface area contributed by atoms with E-state index in [0.29, 0.717) is 0 Å². The molecule has 1 amide bonds. The zero-order valence-electron chi connectivity index (χ0n) is 12.5. The van der Waals surface area contributed by atoms with Crippen LogP contribution in [0, 0.1) is 6.92 Å². The predicted octanol–water partition coefficient (Wildman–Crippen LogP) is 4.84. The quantitative estimate of drug-likeness (QED) is 0.805. The van der Waals surface area contributed by atoms with Crippen LogP contribution < -0.4 is 5.32 Å². The molecule has 0 saturated carbocycles. The Morgan fingerprint density at radius 3 is 2.47 bits per heavy atom. The van der Waals surface area contributed by atoms with Crippen molar-refractivity contribution in [1.29, 1.82) is 0 Å². The summed E-state index contributed by atoms with van der Waals surface area (Å²) < 4.78 is 5.21. The van der Waals surface area contributed by atoms with Gasteiger partial charge in [0.25, 0.3) is 0 Å². The third kappa shape index (κ3) is 6.01. The summed E-state index contributed by atoms with van der Waals surface area (Å²) in [7, 11) is 0. The molecule has 19 heavy (non-hydrogen) atoms. The van der Waals surface area contributed by atoms with Gasteiger partial charge in [-0.25, -0.2) is 4.79 Å². The molecule has 4 heteroatoms. The van der Waals surface area contributed by atoms with Crippen molar-refractivity contribution < 1.29 is 9.53 Å². The first kappa shape index (κ1) is 15.9. The van der Waals surface area contributed by atoms with Gasteiger partial charge in [-0.2, -0.15) is 0 Å². The van der Waals surface area contributed by atoms with Crippen LogP contribution in [0.25, 0.3) is 0 Å². The Bertz CT molecular complexity index is 450. The molecule has 0 spiro atoms. The Labute approximate surface area is 120 Å². The summed E-state index contributed by atoms with van der Waals surface area (Å²) >= 11 is 1.79. The highest BCUT2D eigenvalue weighted by Gasteiger charge is 2.14. The maximum Gasteiger partial charge on any atom is 0.411 e. The molecule has 1 aromatic carbocycles. The first-order valence-corrected chi connectivity index (χ1v) is 7.26. The minimum absolute atomic E-state index is 0.117. The Kier molecular flexibility index (Phi) is 5.29. The second kappa shape index (κ2) is 6.33. The van der Waals surface area contributed by atoms with E-state index in [9.17, 15) is 4.79 Å². The van der Waals surface area contributed by atoms with Crippen LogP contribution in [-0.4, -0.2) is 16.9 Å². The van der Waals surface area contributed by atoms with E-state index in [1.54, 1.807) is 11.8 Å². The van der Waals surface area contributed by atoms with Gasteiger partial charge in [0.2, 0.25) is 0 Å². The molecule has 0 saturated heterocycles. The monoisotopic (exact) mass is 281 g/mol. The number of hydrogen-bond acceptors (Lipinski definition) is 3. The van der Waals surface area contributed by atoms with E-state index in [-0.39, 0.29) is 10.9 Å². The van der Waals surface area contributed by atoms with Crippen LogP contribution in [-0.2, 0) is 4.74 Å². The minimum Gasteiger partial charge on any atom is -0.447 e. The molecular formula is C15H23NO2S. The third-order valence-electron chi connectivity index (χ3n) is 2.19. The van der Waals surface area contributed by atoms with Gasteiger partial charge in [0.1, 0.15) is 0 Å². The number of aryl methyl sites for hydroxylation is 1. The highest BCUT2D eigenvalue weighted by atomic mass is 32.2. The first-order chi connectivity index (χ1) is 8.67. The van der Waals surface area contributed by atoms with E-state index in [2.05, 4.69) is 33.0 Å². The second-order valence-corrected chi connectivity index (χ2v) is 7.64. The largest absolute Gasteiger partial charge is 0.447 e. The molecule has 0 bridgehead atoms. The van der Waals surface area contributed by atoms with Crippen molar-refractivity contribution >= 4 is 23.5 Å². The van der Waals surface area contributed by atoms with Crippen molar-refractivity contribution in [1.82, 2.24) is 0 Å². The standard InChI is InChI=1S/C15H23NO2S/c1-10(2)18-14(17)16-12-8-7-11(3)13(9-12)19-15(4,5)6/h7-10H,1-6H3,(H,16,17). The van der Waals surface area contributed by atoms with Gasteiger partial charge in [-0.15, -0.1) is 11.8 Å². The molecule has 1 rings (SSSR count). The lowest BCUT2D eigenvalue weighted by atomic mass is 10.2. The number of benzene rings is 1. The number of rotatable bonds is 3. The fourth-order valence-electron chi connectivity index (χ4n) is 1.48. The van der Waals surface area contributed by atoms with E-state index < -0.39 is 6.09 Å². The Morgan fingerprint density at radius 2 is 1.95 bits per heavy atom. The summed E-state index contributed by atoms with van der Waals surface area (Å²) in [4.78, 5) is 12.7. The maximum absolute atomic E-state index is 11.6. The highest BCUT2D eigenvalue weighted by molar-refractivity contribution is 8.00. The molecule has 0 aromatic heterocycles. The average Bonchev–Trinajstić information content (AvgIpc) is 2.19. The van der Waals surface area contributed by atoms with Gasteiger partial charge < -0.3 is 4.74 Å². The van der Waals surface area contributed by atoms with Crippen LogP contribution in [0.4, 0.5) is 10.5 Å². The molecule has 0 aliphatic rings. The fraction of sp³-hybridized carbons (Fsp3) is 0.533. The molecular weight excluding hydrogens is 258 g/mol. The molecule has 0 fully saturated rings. The van der Waals surface area contributed by atoms with E-state index >= 15 is 0 Å². The smallest absolute Gasteiger partial charge is 0.411 e. The van der Waals surface area contributed by atoms with E-state index in [1.807, 2.05) is 32.0 Å². The van der Waals surface area contributed by atoms with Crippen LogP contribution in [0.1, 0.15) is 40.2 Å². The molecule has 0 heterocycles. The fourth-order valence-corrected chi connectivity index (χ4v) is 2.55. The topological polar surface area (TPSA) is 38.3 Å². The lowest BCUT2D eigenvalue weighted by molar-refractivity contribution is 0.130. The summed E-state index contributed by atoms with van der Waals surface area (Å²) in [5.41, 5.74) is 1.98. The molecule has 0 unspecified atom stereocenters. The van der Waals surface area contributed by atoms with Crippen LogP contribution >= 0.6 is 11.8 Å². The highest BCUT2D eigenvalue weighted by Crippen LogP contribution is 2.35. The molecule has 3 nitrogen and oxygen atoms in total. The zero-order valence-corrected chi connectivity index (χ0v) is 13.4. The Hall–Kier alpha value is -1.16. The normalized spacial score (nSPS) is 11.5. The summed E-state index contributed by atoms with van der Waals surface area (Å²) in [5, 5.41) is 2.75. The molecule has 0 aliphatic carbocycles. The summed E-state index contributed by atoms with van der Waals surface area (Å²) in [5.74, 6) is 0. The van der Waals surface area contributed by atoms with E-state index in [4.69, 9.17) is 4.74 Å². The van der Waals surface area contributed by atoms with E-state index in [1.165, 1.54) is 10.5 Å². The lowest BCUT2D eigenvalue weighted by Crippen LogP contribution is -2.18. The van der Waals surface area contributed by atoms with Gasteiger partial charge in [0.05, 0.1) is 6.10 Å². The van der Waals surface area contributed by atoms with Crippen LogP contribution in [0.5, 0.6) is 0 Å². The van der Waals surface area contributed by atoms with Crippen LogP contribution in [0.2, 0.25) is 0 Å². The molecule has 1 aromatic rings. The molecule has 0 radical (unpaired) electrons. The maximum atomic E-state index is 11.6. The van der Waals surface area contributed by atoms with Crippen molar-refractivity contribution in [2.75, 3.05) is 5.32 Å². The van der Waals surface area contributed by atoms with E-state index in [0.717, 1.165) is 5.69 Å². The van der Waals surface area contributed by atoms with Crippen LogP contribution in [0.15, 0.2) is 23.1 Å². The van der Waals surface area contributed by atoms with Crippen molar-refractivity contribution in [3.05, 3.63) is 23.8 Å². The Balaban J connectivity index is 2.81. The second-order valence-electron chi connectivity index (χ2n) is 5.77. The first-order valence-electron chi connectivity index (χ1n) is 6.44. The van der Waals surface area contributed by atoms with Gasteiger partial charge in [0, 0.05) is 15.3 Å². The molecule has 106 valence electrons. The Morgan fingerprint density at radius 1 is 1.32 bits per heavy atom. The van der Waals surface area contributed by atoms with Crippen molar-refractivity contribution in [2.45, 2.75) is 57.3 Å². The van der Waals surface area contributed by atoms with Gasteiger partial charge in [-0.3, -0.25) is 5.32 Å². The molecule has 0 aliphatic heterocycles. The predicted molar refractivity (Wildman–Crippen MR) is 82.0 cm³/mol. The summed E-state index contributed by atoms with van der Waals surface area (Å²) in [6, 6.07) is 5.90. The van der Waals surface area contributed by atoms with Gasteiger partial charge in [-0.05, 0) is 38.5 Å². The SMILES string of the molecule is Cc1ccc(NC(=O)OC(C)C)cc1SC(C)(C)C. The third-order valence-corrected chi connectivity index (χ3v) is 3.47. The minimum atomic E-state index is -0.412. The number of carbonyl (C=O) groups excluding carboxylic acids is 1. The lowest BCUT2D eigenvalue weighted by Gasteiger charge is -2.19. The molecule has 0 atom stereocenters. The number of amides is 1. The van der Waals surface area contributed by atoms with Crippen LogP contribution in [0.3, 0.4) is 0 Å². The summed E-state index contributed by atoms with van der Waals surface area (Å²) in [6.45, 7) is 12.2. The number of carbonyl (C=O) groups is 1. The van der Waals surface area contributed by atoms with Crippen molar-refractivity contribution in [2.24, 2.45) is 0 Å². The molecule has 1 N–H and O–H groups in total. The zero-order chi connectivity index (χ0) is 14.6. The van der Waals surface area contributed by atoms with Gasteiger partial charge >= 0.3 is 6.09 Å². The number of anilines is 1. The average molecular weight is 281 g/mol.